The molecule has 1 saturated heterocycles. The monoisotopic (exact) mass is 369 g/mol. The van der Waals surface area contributed by atoms with Crippen LogP contribution in [0.3, 0.4) is 0 Å². The fourth-order valence-electron chi connectivity index (χ4n) is 5.17. The van der Waals surface area contributed by atoms with Crippen molar-refractivity contribution in [2.45, 2.75) is 83.8 Å². The number of hydrogen-bond donors (Lipinski definition) is 0. The molecule has 0 aromatic heterocycles. The number of rotatable bonds is 6. The number of carbonyl (C=O) groups excluding carboxylic acids is 1. The maximum atomic E-state index is 13.5. The maximum absolute atomic E-state index is 13.5. The minimum atomic E-state index is -0.538. The third-order valence-corrected chi connectivity index (χ3v) is 6.51. The number of amidine groups is 1. The molecule has 2 aliphatic rings. The van der Waals surface area contributed by atoms with Crippen LogP contribution in [0.4, 0.5) is 0 Å². The molecule has 0 unspecified atom stereocenters. The highest BCUT2D eigenvalue weighted by Crippen LogP contribution is 2.43. The van der Waals surface area contributed by atoms with Crippen LogP contribution in [0.1, 0.15) is 65.9 Å². The van der Waals surface area contributed by atoms with Gasteiger partial charge in [-0.05, 0) is 65.9 Å². The standard InChI is InChI=1S/C23H35N3O/c1-17(2)25(18(3)4)16-14-23(20-11-7-6-8-12-20)21-13-9-10-15-26(21)19(5)24-22(23)27/h6-8,11-12,17-18,21H,9-10,13-16H2,1-5H3/t21-,23-/m0/s1. The van der Waals surface area contributed by atoms with Gasteiger partial charge in [0, 0.05) is 31.2 Å². The number of aliphatic imine (C=N–C) groups is 1. The predicted molar refractivity (Wildman–Crippen MR) is 112 cm³/mol. The minimum Gasteiger partial charge on any atom is -0.356 e. The average molecular weight is 370 g/mol. The van der Waals surface area contributed by atoms with E-state index in [9.17, 15) is 4.79 Å². The van der Waals surface area contributed by atoms with Crippen LogP contribution < -0.4 is 0 Å². The number of hydrogen-bond acceptors (Lipinski definition) is 3. The molecule has 148 valence electrons. The van der Waals surface area contributed by atoms with Crippen molar-refractivity contribution in [1.82, 2.24) is 9.80 Å². The number of benzene rings is 1. The molecule has 1 aromatic carbocycles. The Morgan fingerprint density at radius 2 is 1.81 bits per heavy atom. The smallest absolute Gasteiger partial charge is 0.260 e. The maximum Gasteiger partial charge on any atom is 0.260 e. The van der Waals surface area contributed by atoms with E-state index in [0.717, 1.165) is 37.3 Å². The van der Waals surface area contributed by atoms with Crippen molar-refractivity contribution < 1.29 is 4.79 Å². The quantitative estimate of drug-likeness (QED) is 0.752. The summed E-state index contributed by atoms with van der Waals surface area (Å²) in [6.07, 6.45) is 4.27. The predicted octanol–water partition coefficient (Wildman–Crippen LogP) is 4.25. The molecule has 0 bridgehead atoms. The Kier molecular flexibility index (Phi) is 6.05. The van der Waals surface area contributed by atoms with Crippen molar-refractivity contribution in [3.8, 4) is 0 Å². The molecule has 2 atom stereocenters. The van der Waals surface area contributed by atoms with Crippen LogP contribution in [0.15, 0.2) is 35.3 Å². The molecule has 2 aliphatic heterocycles. The van der Waals surface area contributed by atoms with E-state index in [1.165, 1.54) is 12.8 Å². The first-order valence-corrected chi connectivity index (χ1v) is 10.6. The molecule has 2 heterocycles. The van der Waals surface area contributed by atoms with E-state index in [0.29, 0.717) is 12.1 Å². The fourth-order valence-corrected chi connectivity index (χ4v) is 5.17. The van der Waals surface area contributed by atoms with E-state index in [-0.39, 0.29) is 11.9 Å². The molecule has 0 saturated carbocycles. The van der Waals surface area contributed by atoms with Crippen LogP contribution >= 0.6 is 0 Å². The number of piperidine rings is 1. The van der Waals surface area contributed by atoms with Gasteiger partial charge in [-0.1, -0.05) is 30.3 Å². The van der Waals surface area contributed by atoms with E-state index in [4.69, 9.17) is 0 Å². The largest absolute Gasteiger partial charge is 0.356 e. The van der Waals surface area contributed by atoms with E-state index in [2.05, 4.69) is 66.8 Å². The van der Waals surface area contributed by atoms with Crippen molar-refractivity contribution in [2.24, 2.45) is 4.99 Å². The lowest BCUT2D eigenvalue weighted by atomic mass is 9.66. The van der Waals surface area contributed by atoms with Gasteiger partial charge in [0.05, 0.1) is 5.41 Å². The molecular weight excluding hydrogens is 334 g/mol. The van der Waals surface area contributed by atoms with Gasteiger partial charge in [0.2, 0.25) is 0 Å². The summed E-state index contributed by atoms with van der Waals surface area (Å²) in [6, 6.07) is 11.6. The molecule has 4 nitrogen and oxygen atoms in total. The Balaban J connectivity index is 2.04. The van der Waals surface area contributed by atoms with Gasteiger partial charge < -0.3 is 4.90 Å². The summed E-state index contributed by atoms with van der Waals surface area (Å²) in [6.45, 7) is 12.9. The highest BCUT2D eigenvalue weighted by molar-refractivity contribution is 6.02. The molecule has 27 heavy (non-hydrogen) atoms. The first kappa shape index (κ1) is 20.1. The summed E-state index contributed by atoms with van der Waals surface area (Å²) in [5.74, 6) is 0.961. The fraction of sp³-hybridized carbons (Fsp3) is 0.652. The van der Waals surface area contributed by atoms with E-state index >= 15 is 0 Å². The van der Waals surface area contributed by atoms with Gasteiger partial charge in [-0.3, -0.25) is 9.69 Å². The zero-order chi connectivity index (χ0) is 19.6. The number of nitrogens with zero attached hydrogens (tertiary/aromatic N) is 3. The lowest BCUT2D eigenvalue weighted by Gasteiger charge is -2.51. The molecule has 0 aliphatic carbocycles. The molecule has 4 heteroatoms. The molecular formula is C23H35N3O. The first-order valence-electron chi connectivity index (χ1n) is 10.6. The van der Waals surface area contributed by atoms with Gasteiger partial charge in [0.15, 0.2) is 0 Å². The third-order valence-electron chi connectivity index (χ3n) is 6.51. The molecule has 1 aromatic rings. The summed E-state index contributed by atoms with van der Waals surface area (Å²) >= 11 is 0. The van der Waals surface area contributed by atoms with Gasteiger partial charge in [-0.15, -0.1) is 0 Å². The lowest BCUT2D eigenvalue weighted by Crippen LogP contribution is -2.62. The molecule has 1 amide bonds. The van der Waals surface area contributed by atoms with Crippen LogP contribution in [0.25, 0.3) is 0 Å². The summed E-state index contributed by atoms with van der Waals surface area (Å²) in [7, 11) is 0. The molecule has 3 rings (SSSR count). The summed E-state index contributed by atoms with van der Waals surface area (Å²) in [4.78, 5) is 23.0. The van der Waals surface area contributed by atoms with Gasteiger partial charge >= 0.3 is 0 Å². The lowest BCUT2D eigenvalue weighted by molar-refractivity contribution is -0.128. The van der Waals surface area contributed by atoms with E-state index < -0.39 is 5.41 Å². The molecule has 0 spiro atoms. The molecule has 0 N–H and O–H groups in total. The zero-order valence-electron chi connectivity index (χ0n) is 17.6. The van der Waals surface area contributed by atoms with E-state index in [1.54, 1.807) is 0 Å². The van der Waals surface area contributed by atoms with Crippen molar-refractivity contribution in [3.63, 3.8) is 0 Å². The van der Waals surface area contributed by atoms with Gasteiger partial charge in [-0.2, -0.15) is 4.99 Å². The van der Waals surface area contributed by atoms with Gasteiger partial charge in [-0.25, -0.2) is 0 Å². The summed E-state index contributed by atoms with van der Waals surface area (Å²) in [5, 5.41) is 0. The Morgan fingerprint density at radius 3 is 2.44 bits per heavy atom. The second kappa shape index (κ2) is 8.14. The Labute approximate surface area is 164 Å². The average Bonchev–Trinajstić information content (AvgIpc) is 2.64. The topological polar surface area (TPSA) is 35.9 Å². The minimum absolute atomic E-state index is 0.0572. The Hall–Kier alpha value is -1.68. The van der Waals surface area contributed by atoms with Gasteiger partial charge in [0.25, 0.3) is 5.91 Å². The Morgan fingerprint density at radius 1 is 1.15 bits per heavy atom. The third kappa shape index (κ3) is 3.69. The van der Waals surface area contributed by atoms with Gasteiger partial charge in [0.1, 0.15) is 5.84 Å². The summed E-state index contributed by atoms with van der Waals surface area (Å²) in [5.41, 5.74) is 0.596. The zero-order valence-corrected chi connectivity index (χ0v) is 17.6. The number of carbonyl (C=O) groups is 1. The normalized spacial score (nSPS) is 25.9. The van der Waals surface area contributed by atoms with E-state index in [1.807, 2.05) is 13.0 Å². The molecule has 0 radical (unpaired) electrons. The highest BCUT2D eigenvalue weighted by Gasteiger charge is 2.52. The van der Waals surface area contributed by atoms with Crippen LogP contribution in [-0.2, 0) is 10.2 Å². The van der Waals surface area contributed by atoms with Crippen molar-refractivity contribution in [2.75, 3.05) is 13.1 Å². The second-order valence-electron chi connectivity index (χ2n) is 8.68. The van der Waals surface area contributed by atoms with Crippen LogP contribution in [0.5, 0.6) is 0 Å². The number of amides is 1. The first-order chi connectivity index (χ1) is 12.9. The highest BCUT2D eigenvalue weighted by atomic mass is 16.2. The number of fused-ring (bicyclic) bond motifs is 1. The Bertz CT molecular complexity index is 674. The van der Waals surface area contributed by atoms with Crippen molar-refractivity contribution in [3.05, 3.63) is 35.9 Å². The van der Waals surface area contributed by atoms with Crippen molar-refractivity contribution >= 4 is 11.7 Å². The van der Waals surface area contributed by atoms with Crippen LogP contribution in [0.2, 0.25) is 0 Å². The summed E-state index contributed by atoms with van der Waals surface area (Å²) < 4.78 is 0. The molecule has 1 fully saturated rings. The van der Waals surface area contributed by atoms with Crippen LogP contribution in [0, 0.1) is 0 Å². The van der Waals surface area contributed by atoms with Crippen LogP contribution in [-0.4, -0.2) is 52.8 Å². The van der Waals surface area contributed by atoms with Crippen molar-refractivity contribution in [1.29, 1.82) is 0 Å². The second-order valence-corrected chi connectivity index (χ2v) is 8.68. The SMILES string of the molecule is CC1=NC(=O)[C@@](CCN(C(C)C)C(C)C)(c2ccccc2)[C@@H]2CCCCN12.